The molecule has 0 atom stereocenters. The topological polar surface area (TPSA) is 72.9 Å². The number of rotatable bonds is 5. The van der Waals surface area contributed by atoms with E-state index in [1.165, 1.54) is 0 Å². The number of methoxy groups -OCH3 is 1. The third kappa shape index (κ3) is 4.42. The van der Waals surface area contributed by atoms with Crippen LogP contribution in [0, 0.1) is 7.14 Å². The minimum absolute atomic E-state index is 0.202. The molecule has 0 radical (unpaired) electrons. The highest BCUT2D eigenvalue weighted by Gasteiger charge is 2.36. The van der Waals surface area contributed by atoms with Crippen molar-refractivity contribution in [3.05, 3.63) is 29.7 Å². The highest BCUT2D eigenvalue weighted by atomic mass is 127. The molecule has 1 heterocycles. The number of carbonyl (C=O) groups excluding carboxylic acids is 3. The van der Waals surface area contributed by atoms with Crippen molar-refractivity contribution in [1.29, 1.82) is 0 Å². The van der Waals surface area contributed by atoms with Gasteiger partial charge in [-0.15, -0.1) is 0 Å². The van der Waals surface area contributed by atoms with E-state index >= 15 is 0 Å². The molecule has 0 bridgehead atoms. The Labute approximate surface area is 170 Å². The smallest absolute Gasteiger partial charge is 0.326 e. The van der Waals surface area contributed by atoms with Gasteiger partial charge in [0.15, 0.2) is 0 Å². The third-order valence-electron chi connectivity index (χ3n) is 2.99. The van der Waals surface area contributed by atoms with Gasteiger partial charge in [-0.25, -0.2) is 0 Å². The summed E-state index contributed by atoms with van der Waals surface area (Å²) in [6.45, 7) is 1.50. The molecule has 1 fully saturated rings. The molecule has 0 saturated carbocycles. The van der Waals surface area contributed by atoms with Gasteiger partial charge in [-0.05, 0) is 87.6 Å². The van der Waals surface area contributed by atoms with Crippen LogP contribution in [0.5, 0.6) is 5.75 Å². The van der Waals surface area contributed by atoms with Gasteiger partial charge in [-0.1, -0.05) is 0 Å². The van der Waals surface area contributed by atoms with Gasteiger partial charge in [0.1, 0.15) is 12.3 Å². The SMILES string of the molecule is CCOC(=O)CN1C(=O)S/C(=C/c2cc(I)c(OC)c(I)c2)C1=O. The number of imide groups is 1. The van der Waals surface area contributed by atoms with Crippen molar-refractivity contribution >= 4 is 80.1 Å². The van der Waals surface area contributed by atoms with Gasteiger partial charge < -0.3 is 9.47 Å². The Kier molecular flexibility index (Phi) is 6.92. The molecule has 0 unspecified atom stereocenters. The lowest BCUT2D eigenvalue weighted by Gasteiger charge is -2.10. The highest BCUT2D eigenvalue weighted by molar-refractivity contribution is 14.1. The number of ether oxygens (including phenoxy) is 2. The summed E-state index contributed by atoms with van der Waals surface area (Å²) in [5.74, 6) is -0.322. The number of benzene rings is 1. The molecule has 24 heavy (non-hydrogen) atoms. The van der Waals surface area contributed by atoms with Crippen molar-refractivity contribution in [2.45, 2.75) is 6.92 Å². The minimum Gasteiger partial charge on any atom is -0.495 e. The highest BCUT2D eigenvalue weighted by Crippen LogP contribution is 2.34. The van der Waals surface area contributed by atoms with Crippen molar-refractivity contribution in [3.63, 3.8) is 0 Å². The summed E-state index contributed by atoms with van der Waals surface area (Å²) in [6, 6.07) is 3.72. The van der Waals surface area contributed by atoms with Crippen LogP contribution in [0.25, 0.3) is 6.08 Å². The van der Waals surface area contributed by atoms with Gasteiger partial charge >= 0.3 is 5.97 Å². The fourth-order valence-corrected chi connectivity index (χ4v) is 5.08. The normalized spacial score (nSPS) is 16.0. The zero-order valence-corrected chi connectivity index (χ0v) is 17.9. The fourth-order valence-electron chi connectivity index (χ4n) is 1.98. The number of nitrogens with zero attached hydrogens (tertiary/aromatic N) is 1. The second kappa shape index (κ2) is 8.52. The fraction of sp³-hybridized carbons (Fsp3) is 0.267. The number of carbonyl (C=O) groups is 3. The second-order valence-corrected chi connectivity index (χ2v) is 7.91. The molecule has 0 spiro atoms. The number of thioether (sulfide) groups is 1. The first-order valence-electron chi connectivity index (χ1n) is 6.81. The first kappa shape index (κ1) is 19.5. The number of halogens is 2. The van der Waals surface area contributed by atoms with E-state index in [0.29, 0.717) is 0 Å². The zero-order valence-electron chi connectivity index (χ0n) is 12.8. The Morgan fingerprint density at radius 1 is 1.29 bits per heavy atom. The molecule has 0 aromatic heterocycles. The van der Waals surface area contributed by atoms with E-state index < -0.39 is 17.1 Å². The summed E-state index contributed by atoms with van der Waals surface area (Å²) in [6.07, 6.45) is 1.64. The first-order chi connectivity index (χ1) is 11.4. The minimum atomic E-state index is -0.602. The number of amides is 2. The molecule has 1 aliphatic rings. The van der Waals surface area contributed by atoms with Crippen molar-refractivity contribution in [2.75, 3.05) is 20.3 Å². The van der Waals surface area contributed by atoms with E-state index in [1.807, 2.05) is 12.1 Å². The summed E-state index contributed by atoms with van der Waals surface area (Å²) in [7, 11) is 1.60. The number of hydrogen-bond donors (Lipinski definition) is 0. The average Bonchev–Trinajstić information content (AvgIpc) is 2.75. The van der Waals surface area contributed by atoms with Crippen molar-refractivity contribution < 1.29 is 23.9 Å². The van der Waals surface area contributed by atoms with Crippen molar-refractivity contribution in [1.82, 2.24) is 4.90 Å². The monoisotopic (exact) mass is 573 g/mol. The molecule has 9 heteroatoms. The largest absolute Gasteiger partial charge is 0.495 e. The van der Waals surface area contributed by atoms with Gasteiger partial charge in [0, 0.05) is 0 Å². The van der Waals surface area contributed by atoms with Crippen molar-refractivity contribution in [2.24, 2.45) is 0 Å². The number of esters is 1. The van der Waals surface area contributed by atoms with Crippen LogP contribution in [0.2, 0.25) is 0 Å². The van der Waals surface area contributed by atoms with E-state index in [2.05, 4.69) is 45.2 Å². The van der Waals surface area contributed by atoms with Gasteiger partial charge in [-0.2, -0.15) is 0 Å². The molecule has 1 aromatic rings. The molecule has 2 amide bonds. The summed E-state index contributed by atoms with van der Waals surface area (Å²) >= 11 is 5.11. The second-order valence-electron chi connectivity index (χ2n) is 4.59. The molecule has 128 valence electrons. The molecular formula is C15H13I2NO5S. The van der Waals surface area contributed by atoms with Crippen LogP contribution in [0.1, 0.15) is 12.5 Å². The third-order valence-corrected chi connectivity index (χ3v) is 5.50. The van der Waals surface area contributed by atoms with Crippen LogP contribution in [0.3, 0.4) is 0 Å². The lowest BCUT2D eigenvalue weighted by atomic mass is 10.2. The van der Waals surface area contributed by atoms with Gasteiger partial charge in [0.25, 0.3) is 11.1 Å². The molecule has 1 aromatic carbocycles. The van der Waals surface area contributed by atoms with Gasteiger partial charge in [0.2, 0.25) is 0 Å². The summed E-state index contributed by atoms with van der Waals surface area (Å²) in [5, 5.41) is -0.475. The van der Waals surface area contributed by atoms with Crippen LogP contribution >= 0.6 is 56.9 Å². The molecule has 0 N–H and O–H groups in total. The lowest BCUT2D eigenvalue weighted by Crippen LogP contribution is -2.34. The zero-order chi connectivity index (χ0) is 17.9. The summed E-state index contributed by atoms with van der Waals surface area (Å²) in [4.78, 5) is 37.0. The predicted octanol–water partition coefficient (Wildman–Crippen LogP) is 3.50. The van der Waals surface area contributed by atoms with E-state index in [4.69, 9.17) is 9.47 Å². The van der Waals surface area contributed by atoms with Crippen LogP contribution in [0.15, 0.2) is 17.0 Å². The molecule has 6 nitrogen and oxygen atoms in total. The maximum Gasteiger partial charge on any atom is 0.326 e. The maximum absolute atomic E-state index is 12.3. The standard InChI is InChI=1S/C15H13I2NO5S/c1-3-23-12(19)7-18-14(20)11(24-15(18)21)6-8-4-9(16)13(22-2)10(17)5-8/h4-6H,3,7H2,1-2H3/b11-6+. The number of hydrogen-bond acceptors (Lipinski definition) is 6. The Bertz CT molecular complexity index is 712. The van der Waals surface area contributed by atoms with E-state index in [9.17, 15) is 14.4 Å². The Hall–Kier alpha value is -0.820. The molecular weight excluding hydrogens is 560 g/mol. The van der Waals surface area contributed by atoms with Crippen LogP contribution in [0.4, 0.5) is 4.79 Å². The molecule has 2 rings (SSSR count). The Morgan fingerprint density at radius 3 is 2.46 bits per heavy atom. The van der Waals surface area contributed by atoms with E-state index in [0.717, 1.165) is 35.1 Å². The molecule has 1 saturated heterocycles. The quantitative estimate of drug-likeness (QED) is 0.305. The van der Waals surface area contributed by atoms with Gasteiger partial charge in [0.05, 0.1) is 25.8 Å². The van der Waals surface area contributed by atoms with Crippen LogP contribution in [-0.4, -0.2) is 42.3 Å². The van der Waals surface area contributed by atoms with Crippen LogP contribution < -0.4 is 4.74 Å². The van der Waals surface area contributed by atoms with Crippen LogP contribution in [-0.2, 0) is 14.3 Å². The molecule has 1 aliphatic heterocycles. The Balaban J connectivity index is 2.24. The Morgan fingerprint density at radius 2 is 1.92 bits per heavy atom. The van der Waals surface area contributed by atoms with E-state index in [-0.39, 0.29) is 18.1 Å². The summed E-state index contributed by atoms with van der Waals surface area (Å²) in [5.41, 5.74) is 0.784. The van der Waals surface area contributed by atoms with E-state index in [1.54, 1.807) is 20.1 Å². The maximum atomic E-state index is 12.3. The van der Waals surface area contributed by atoms with Gasteiger partial charge in [-0.3, -0.25) is 19.3 Å². The molecule has 0 aliphatic carbocycles. The summed E-state index contributed by atoms with van der Waals surface area (Å²) < 4.78 is 11.9. The first-order valence-corrected chi connectivity index (χ1v) is 9.78. The predicted molar refractivity (Wildman–Crippen MR) is 108 cm³/mol. The van der Waals surface area contributed by atoms with Crippen molar-refractivity contribution in [3.8, 4) is 5.75 Å². The average molecular weight is 573 g/mol. The lowest BCUT2D eigenvalue weighted by molar-refractivity contribution is -0.145.